The molecular formula is C14H24N2O2. The van der Waals surface area contributed by atoms with Gasteiger partial charge in [0.05, 0.1) is 6.10 Å². The normalized spacial score (nSPS) is 20.8. The predicted molar refractivity (Wildman–Crippen MR) is 70.1 cm³/mol. The molecule has 2 rings (SSSR count). The minimum atomic E-state index is -0.852. The second-order valence-corrected chi connectivity index (χ2v) is 5.31. The Balaban J connectivity index is 2.04. The molecular weight excluding hydrogens is 228 g/mol. The van der Waals surface area contributed by atoms with E-state index in [0.29, 0.717) is 5.82 Å². The van der Waals surface area contributed by atoms with Crippen LogP contribution in [0.5, 0.6) is 0 Å². The Morgan fingerprint density at radius 3 is 2.72 bits per heavy atom. The maximum Gasteiger partial charge on any atom is 0.140 e. The van der Waals surface area contributed by atoms with Crippen LogP contribution in [-0.2, 0) is 6.54 Å². The van der Waals surface area contributed by atoms with E-state index >= 15 is 0 Å². The first-order valence-corrected chi connectivity index (χ1v) is 7.11. The molecule has 1 aliphatic carbocycles. The van der Waals surface area contributed by atoms with Gasteiger partial charge < -0.3 is 14.8 Å². The smallest absolute Gasteiger partial charge is 0.140 e. The lowest BCUT2D eigenvalue weighted by Crippen LogP contribution is -2.31. The van der Waals surface area contributed by atoms with Crippen molar-refractivity contribution >= 4 is 0 Å². The highest BCUT2D eigenvalue weighted by Gasteiger charge is 2.30. The van der Waals surface area contributed by atoms with E-state index in [1.54, 1.807) is 6.20 Å². The van der Waals surface area contributed by atoms with Crippen LogP contribution in [0.3, 0.4) is 0 Å². The maximum absolute atomic E-state index is 10.3. The Hall–Kier alpha value is -0.870. The van der Waals surface area contributed by atoms with E-state index in [1.165, 1.54) is 6.42 Å². The van der Waals surface area contributed by atoms with Crippen LogP contribution >= 0.6 is 0 Å². The van der Waals surface area contributed by atoms with Gasteiger partial charge in [-0.1, -0.05) is 26.2 Å². The standard InChI is InChI=1S/C14H24N2O2/c1-2-9-16-10-8-15-14(16)13(18)12(17)11-6-4-3-5-7-11/h8,10-13,17-18H,2-7,9H2,1H3. The van der Waals surface area contributed by atoms with Crippen molar-refractivity contribution in [1.29, 1.82) is 0 Å². The van der Waals surface area contributed by atoms with Gasteiger partial charge in [0, 0.05) is 18.9 Å². The molecule has 0 saturated heterocycles. The van der Waals surface area contributed by atoms with E-state index in [-0.39, 0.29) is 5.92 Å². The molecule has 1 heterocycles. The van der Waals surface area contributed by atoms with Gasteiger partial charge in [-0.2, -0.15) is 0 Å². The van der Waals surface area contributed by atoms with Crippen LogP contribution in [0.25, 0.3) is 0 Å². The van der Waals surface area contributed by atoms with Gasteiger partial charge in [-0.15, -0.1) is 0 Å². The zero-order chi connectivity index (χ0) is 13.0. The van der Waals surface area contributed by atoms with Crippen LogP contribution < -0.4 is 0 Å². The highest BCUT2D eigenvalue weighted by molar-refractivity contribution is 5.00. The predicted octanol–water partition coefficient (Wildman–Crippen LogP) is 2.27. The Morgan fingerprint density at radius 2 is 2.06 bits per heavy atom. The molecule has 4 nitrogen and oxygen atoms in total. The zero-order valence-electron chi connectivity index (χ0n) is 11.1. The van der Waals surface area contributed by atoms with Crippen LogP contribution in [0.2, 0.25) is 0 Å². The summed E-state index contributed by atoms with van der Waals surface area (Å²) in [6.45, 7) is 2.93. The van der Waals surface area contributed by atoms with Gasteiger partial charge in [-0.3, -0.25) is 0 Å². The topological polar surface area (TPSA) is 58.3 Å². The number of rotatable bonds is 5. The second-order valence-electron chi connectivity index (χ2n) is 5.31. The Bertz CT molecular complexity index is 358. The fourth-order valence-corrected chi connectivity index (χ4v) is 2.90. The number of aryl methyl sites for hydroxylation is 1. The van der Waals surface area contributed by atoms with Crippen LogP contribution in [0.15, 0.2) is 12.4 Å². The van der Waals surface area contributed by atoms with Crippen molar-refractivity contribution in [1.82, 2.24) is 9.55 Å². The highest BCUT2D eigenvalue weighted by Crippen LogP contribution is 2.31. The van der Waals surface area contributed by atoms with Gasteiger partial charge in [0.25, 0.3) is 0 Å². The van der Waals surface area contributed by atoms with Crippen LogP contribution in [0.4, 0.5) is 0 Å². The molecule has 1 saturated carbocycles. The second kappa shape index (κ2) is 6.34. The summed E-state index contributed by atoms with van der Waals surface area (Å²) in [6.07, 6.45) is 8.66. The van der Waals surface area contributed by atoms with Gasteiger partial charge in [0.15, 0.2) is 0 Å². The van der Waals surface area contributed by atoms with E-state index in [2.05, 4.69) is 11.9 Å². The van der Waals surface area contributed by atoms with E-state index in [4.69, 9.17) is 0 Å². The monoisotopic (exact) mass is 252 g/mol. The van der Waals surface area contributed by atoms with Crippen molar-refractivity contribution in [2.24, 2.45) is 5.92 Å². The molecule has 0 aliphatic heterocycles. The Kier molecular flexibility index (Phi) is 4.78. The first kappa shape index (κ1) is 13.6. The molecule has 2 unspecified atom stereocenters. The third kappa shape index (κ3) is 2.93. The molecule has 1 aromatic rings. The van der Waals surface area contributed by atoms with Crippen molar-refractivity contribution in [3.63, 3.8) is 0 Å². The minimum absolute atomic E-state index is 0.223. The molecule has 4 heteroatoms. The Labute approximate surface area is 109 Å². The average molecular weight is 252 g/mol. The zero-order valence-corrected chi connectivity index (χ0v) is 11.1. The van der Waals surface area contributed by atoms with E-state index in [9.17, 15) is 10.2 Å². The third-order valence-corrected chi connectivity index (χ3v) is 3.93. The maximum atomic E-state index is 10.3. The summed E-state index contributed by atoms with van der Waals surface area (Å²) in [6, 6.07) is 0. The molecule has 1 aromatic heterocycles. The highest BCUT2D eigenvalue weighted by atomic mass is 16.3. The fourth-order valence-electron chi connectivity index (χ4n) is 2.90. The average Bonchev–Trinajstić information content (AvgIpc) is 2.87. The minimum Gasteiger partial charge on any atom is -0.390 e. The van der Waals surface area contributed by atoms with Gasteiger partial charge in [0.1, 0.15) is 11.9 Å². The van der Waals surface area contributed by atoms with Crippen molar-refractivity contribution in [2.75, 3.05) is 0 Å². The van der Waals surface area contributed by atoms with Gasteiger partial charge >= 0.3 is 0 Å². The summed E-state index contributed by atoms with van der Waals surface area (Å²) in [4.78, 5) is 4.20. The molecule has 18 heavy (non-hydrogen) atoms. The molecule has 0 spiro atoms. The molecule has 0 radical (unpaired) electrons. The van der Waals surface area contributed by atoms with E-state index in [0.717, 1.165) is 38.6 Å². The largest absolute Gasteiger partial charge is 0.390 e. The molecule has 0 amide bonds. The number of hydrogen-bond acceptors (Lipinski definition) is 3. The molecule has 0 aromatic carbocycles. The molecule has 0 bridgehead atoms. The van der Waals surface area contributed by atoms with Crippen LogP contribution in [-0.4, -0.2) is 25.9 Å². The first-order chi connectivity index (χ1) is 8.74. The van der Waals surface area contributed by atoms with Crippen molar-refractivity contribution in [2.45, 2.75) is 64.2 Å². The van der Waals surface area contributed by atoms with Gasteiger partial charge in [0.2, 0.25) is 0 Å². The summed E-state index contributed by atoms with van der Waals surface area (Å²) in [5.41, 5.74) is 0. The number of aromatic nitrogens is 2. The lowest BCUT2D eigenvalue weighted by atomic mass is 9.83. The number of imidazole rings is 1. The summed E-state index contributed by atoms with van der Waals surface area (Å²) >= 11 is 0. The molecule has 102 valence electrons. The van der Waals surface area contributed by atoms with E-state index < -0.39 is 12.2 Å². The molecule has 1 fully saturated rings. The SMILES string of the molecule is CCCn1ccnc1C(O)C(O)C1CCCCC1. The number of aliphatic hydroxyl groups excluding tert-OH is 2. The number of nitrogens with zero attached hydrogens (tertiary/aromatic N) is 2. The molecule has 2 atom stereocenters. The van der Waals surface area contributed by atoms with Crippen molar-refractivity contribution in [3.05, 3.63) is 18.2 Å². The number of aliphatic hydroxyl groups is 2. The van der Waals surface area contributed by atoms with Gasteiger partial charge in [-0.05, 0) is 25.2 Å². The summed E-state index contributed by atoms with van der Waals surface area (Å²) < 4.78 is 1.94. The lowest BCUT2D eigenvalue weighted by Gasteiger charge is -2.29. The third-order valence-electron chi connectivity index (χ3n) is 3.93. The van der Waals surface area contributed by atoms with E-state index in [1.807, 2.05) is 10.8 Å². The molecule has 1 aliphatic rings. The summed E-state index contributed by atoms with van der Waals surface area (Å²) in [7, 11) is 0. The summed E-state index contributed by atoms with van der Waals surface area (Å²) in [5, 5.41) is 20.6. The molecule has 2 N–H and O–H groups in total. The first-order valence-electron chi connectivity index (χ1n) is 7.11. The lowest BCUT2D eigenvalue weighted by molar-refractivity contribution is -0.0342. The van der Waals surface area contributed by atoms with Crippen molar-refractivity contribution in [3.8, 4) is 0 Å². The van der Waals surface area contributed by atoms with Gasteiger partial charge in [-0.25, -0.2) is 4.98 Å². The summed E-state index contributed by atoms with van der Waals surface area (Å²) in [5.74, 6) is 0.829. The fraction of sp³-hybridized carbons (Fsp3) is 0.786. The number of hydrogen-bond donors (Lipinski definition) is 2. The van der Waals surface area contributed by atoms with Crippen LogP contribution in [0, 0.1) is 5.92 Å². The Morgan fingerprint density at radius 1 is 1.33 bits per heavy atom. The quantitative estimate of drug-likeness (QED) is 0.845. The van der Waals surface area contributed by atoms with Crippen LogP contribution in [0.1, 0.15) is 57.4 Å². The van der Waals surface area contributed by atoms with Crippen molar-refractivity contribution < 1.29 is 10.2 Å².